The Morgan fingerprint density at radius 1 is 1.22 bits per heavy atom. The van der Waals surface area contributed by atoms with Gasteiger partial charge in [-0.2, -0.15) is 0 Å². The molecule has 0 aliphatic heterocycles. The molecule has 2 saturated carbocycles. The lowest BCUT2D eigenvalue weighted by atomic mass is 9.84. The van der Waals surface area contributed by atoms with Gasteiger partial charge >= 0.3 is 5.97 Å². The molecular formula is C18H24N2O3. The maximum Gasteiger partial charge on any atom is 0.337 e. The minimum absolute atomic E-state index is 0.00421. The van der Waals surface area contributed by atoms with E-state index in [9.17, 15) is 9.59 Å². The van der Waals surface area contributed by atoms with Gasteiger partial charge in [-0.15, -0.1) is 0 Å². The highest BCUT2D eigenvalue weighted by Gasteiger charge is 2.48. The Morgan fingerprint density at radius 3 is 2.52 bits per heavy atom. The maximum atomic E-state index is 12.4. The lowest BCUT2D eigenvalue weighted by Crippen LogP contribution is -2.45. The molecule has 1 aromatic carbocycles. The third-order valence-corrected chi connectivity index (χ3v) is 5.37. The van der Waals surface area contributed by atoms with Crippen molar-refractivity contribution in [3.8, 4) is 0 Å². The Bertz CT molecular complexity index is 582. The van der Waals surface area contributed by atoms with Crippen molar-refractivity contribution in [3.63, 3.8) is 0 Å². The zero-order chi connectivity index (χ0) is 16.4. The number of rotatable bonds is 5. The zero-order valence-corrected chi connectivity index (χ0v) is 13.5. The number of fused-ring (bicyclic) bond motifs is 2. The van der Waals surface area contributed by atoms with Gasteiger partial charge in [0, 0.05) is 12.6 Å². The van der Waals surface area contributed by atoms with E-state index in [-0.39, 0.29) is 23.8 Å². The molecule has 124 valence electrons. The van der Waals surface area contributed by atoms with Gasteiger partial charge in [-0.05, 0) is 55.2 Å². The first-order valence-corrected chi connectivity index (χ1v) is 8.30. The monoisotopic (exact) mass is 316 g/mol. The fourth-order valence-electron chi connectivity index (χ4n) is 4.10. The summed E-state index contributed by atoms with van der Waals surface area (Å²) in [7, 11) is 1.37. The number of esters is 1. The standard InChI is InChI=1S/C18H24N2O3/c1-23-18(22)12-4-2-11(3-5-12)8-9-20-17(21)15-13-6-7-14(10-13)16(15)19/h2-5,13-16H,6-10,19H2,1H3,(H,20,21). The fraction of sp³-hybridized carbons (Fsp3) is 0.556. The van der Waals surface area contributed by atoms with E-state index < -0.39 is 0 Å². The van der Waals surface area contributed by atoms with Crippen LogP contribution in [0.5, 0.6) is 0 Å². The van der Waals surface area contributed by atoms with Crippen molar-refractivity contribution in [3.05, 3.63) is 35.4 Å². The highest BCUT2D eigenvalue weighted by atomic mass is 16.5. The summed E-state index contributed by atoms with van der Waals surface area (Å²) in [6.45, 7) is 0.594. The predicted octanol–water partition coefficient (Wildman–Crippen LogP) is 1.51. The normalized spacial score (nSPS) is 28.6. The largest absolute Gasteiger partial charge is 0.465 e. The first-order chi connectivity index (χ1) is 11.1. The second-order valence-electron chi connectivity index (χ2n) is 6.67. The first kappa shape index (κ1) is 16.0. The number of amides is 1. The Balaban J connectivity index is 1.48. The van der Waals surface area contributed by atoms with Gasteiger partial charge in [0.15, 0.2) is 0 Å². The van der Waals surface area contributed by atoms with Crippen molar-refractivity contribution in [1.82, 2.24) is 5.32 Å². The molecule has 0 heterocycles. The van der Waals surface area contributed by atoms with Crippen LogP contribution in [0.15, 0.2) is 24.3 Å². The Kier molecular flexibility index (Phi) is 4.66. The van der Waals surface area contributed by atoms with Crippen LogP contribution >= 0.6 is 0 Å². The summed E-state index contributed by atoms with van der Waals surface area (Å²) in [4.78, 5) is 23.7. The van der Waals surface area contributed by atoms with Crippen LogP contribution in [0.4, 0.5) is 0 Å². The highest BCUT2D eigenvalue weighted by Crippen LogP contribution is 2.47. The quantitative estimate of drug-likeness (QED) is 0.807. The Labute approximate surface area is 136 Å². The van der Waals surface area contributed by atoms with Crippen LogP contribution < -0.4 is 11.1 Å². The Morgan fingerprint density at radius 2 is 1.91 bits per heavy atom. The van der Waals surface area contributed by atoms with Crippen LogP contribution in [-0.2, 0) is 16.0 Å². The second kappa shape index (κ2) is 6.71. The number of carbonyl (C=O) groups is 2. The molecule has 2 fully saturated rings. The average Bonchev–Trinajstić information content (AvgIpc) is 3.15. The van der Waals surface area contributed by atoms with E-state index >= 15 is 0 Å². The topological polar surface area (TPSA) is 81.4 Å². The van der Waals surface area contributed by atoms with Crippen LogP contribution in [0, 0.1) is 17.8 Å². The van der Waals surface area contributed by atoms with E-state index in [1.54, 1.807) is 12.1 Å². The molecule has 0 aromatic heterocycles. The second-order valence-corrected chi connectivity index (χ2v) is 6.67. The van der Waals surface area contributed by atoms with Gasteiger partial charge in [-0.25, -0.2) is 4.79 Å². The number of nitrogens with one attached hydrogen (secondary N) is 1. The molecule has 5 heteroatoms. The molecule has 4 atom stereocenters. The Hall–Kier alpha value is -1.88. The van der Waals surface area contributed by atoms with Gasteiger partial charge in [0.1, 0.15) is 0 Å². The van der Waals surface area contributed by atoms with Crippen LogP contribution in [0.1, 0.15) is 35.2 Å². The summed E-state index contributed by atoms with van der Waals surface area (Å²) in [5.41, 5.74) is 7.82. The maximum absolute atomic E-state index is 12.4. The number of hydrogen-bond acceptors (Lipinski definition) is 4. The molecule has 0 spiro atoms. The molecule has 0 radical (unpaired) electrons. The SMILES string of the molecule is COC(=O)c1ccc(CCNC(=O)C2C3CCC(C3)C2N)cc1. The number of ether oxygens (including phenoxy) is 1. The minimum Gasteiger partial charge on any atom is -0.465 e. The van der Waals surface area contributed by atoms with Gasteiger partial charge in [0.05, 0.1) is 18.6 Å². The molecule has 2 aliphatic carbocycles. The molecule has 3 N–H and O–H groups in total. The van der Waals surface area contributed by atoms with Crippen molar-refractivity contribution in [2.45, 2.75) is 31.7 Å². The van der Waals surface area contributed by atoms with Crippen molar-refractivity contribution >= 4 is 11.9 Å². The van der Waals surface area contributed by atoms with Crippen molar-refractivity contribution in [2.24, 2.45) is 23.5 Å². The summed E-state index contributed by atoms with van der Waals surface area (Å²) in [5, 5.41) is 3.03. The fourth-order valence-corrected chi connectivity index (χ4v) is 4.10. The number of methoxy groups -OCH3 is 1. The van der Waals surface area contributed by atoms with E-state index in [2.05, 4.69) is 10.1 Å². The third-order valence-electron chi connectivity index (χ3n) is 5.37. The van der Waals surface area contributed by atoms with E-state index in [1.807, 2.05) is 12.1 Å². The molecule has 4 unspecified atom stereocenters. The number of carbonyl (C=O) groups excluding carboxylic acids is 2. The van der Waals surface area contributed by atoms with E-state index in [0.717, 1.165) is 24.8 Å². The summed E-state index contributed by atoms with van der Waals surface area (Å²) >= 11 is 0. The van der Waals surface area contributed by atoms with Gasteiger partial charge in [-0.1, -0.05) is 12.1 Å². The van der Waals surface area contributed by atoms with Crippen molar-refractivity contribution in [1.29, 1.82) is 0 Å². The van der Waals surface area contributed by atoms with Crippen LogP contribution in [-0.4, -0.2) is 31.6 Å². The minimum atomic E-state index is -0.338. The van der Waals surface area contributed by atoms with E-state index in [1.165, 1.54) is 13.5 Å². The molecule has 2 aliphatic rings. The van der Waals surface area contributed by atoms with Crippen LogP contribution in [0.2, 0.25) is 0 Å². The summed E-state index contributed by atoms with van der Waals surface area (Å²) in [6, 6.07) is 7.31. The number of nitrogens with two attached hydrogens (primary N) is 1. The number of hydrogen-bond donors (Lipinski definition) is 2. The summed E-state index contributed by atoms with van der Waals surface area (Å²) < 4.78 is 4.67. The van der Waals surface area contributed by atoms with Gasteiger partial charge in [-0.3, -0.25) is 4.79 Å². The van der Waals surface area contributed by atoms with Crippen molar-refractivity contribution < 1.29 is 14.3 Å². The summed E-state index contributed by atoms with van der Waals surface area (Å²) in [6.07, 6.45) is 4.19. The highest BCUT2D eigenvalue weighted by molar-refractivity contribution is 5.89. The van der Waals surface area contributed by atoms with Gasteiger partial charge in [0.2, 0.25) is 5.91 Å². The third kappa shape index (κ3) is 3.24. The zero-order valence-electron chi connectivity index (χ0n) is 13.5. The van der Waals surface area contributed by atoms with Crippen molar-refractivity contribution in [2.75, 3.05) is 13.7 Å². The lowest BCUT2D eigenvalue weighted by Gasteiger charge is -2.27. The molecule has 23 heavy (non-hydrogen) atoms. The predicted molar refractivity (Wildman–Crippen MR) is 86.8 cm³/mol. The molecule has 0 saturated heterocycles. The smallest absolute Gasteiger partial charge is 0.337 e. The molecular weight excluding hydrogens is 292 g/mol. The van der Waals surface area contributed by atoms with Gasteiger partial charge in [0.25, 0.3) is 0 Å². The summed E-state index contributed by atoms with van der Waals surface area (Å²) in [5.74, 6) is 0.789. The van der Waals surface area contributed by atoms with Crippen LogP contribution in [0.3, 0.4) is 0 Å². The lowest BCUT2D eigenvalue weighted by molar-refractivity contribution is -0.127. The van der Waals surface area contributed by atoms with Gasteiger partial charge < -0.3 is 15.8 Å². The molecule has 5 nitrogen and oxygen atoms in total. The molecule has 3 rings (SSSR count). The molecule has 1 amide bonds. The molecule has 2 bridgehead atoms. The van der Waals surface area contributed by atoms with Crippen LogP contribution in [0.25, 0.3) is 0 Å². The number of benzene rings is 1. The average molecular weight is 316 g/mol. The molecule has 1 aromatic rings. The van der Waals surface area contributed by atoms with E-state index in [0.29, 0.717) is 23.9 Å². The van der Waals surface area contributed by atoms with E-state index in [4.69, 9.17) is 5.73 Å². The first-order valence-electron chi connectivity index (χ1n) is 8.30.